The van der Waals surface area contributed by atoms with Crippen molar-refractivity contribution >= 4 is 30.5 Å². The van der Waals surface area contributed by atoms with Crippen LogP contribution in [-0.2, 0) is 0 Å². The number of nitrogens with zero attached hydrogens (tertiary/aromatic N) is 2. The van der Waals surface area contributed by atoms with Crippen molar-refractivity contribution in [1.82, 2.24) is 4.90 Å². The maximum Gasteiger partial charge on any atom is 0.119 e. The van der Waals surface area contributed by atoms with Crippen LogP contribution in [0.4, 0.5) is 5.69 Å². The van der Waals surface area contributed by atoms with E-state index in [9.17, 15) is 0 Å². The molecular formula is C15H26Cl2N2O. The fourth-order valence-electron chi connectivity index (χ4n) is 2.40. The first-order chi connectivity index (χ1) is 8.83. The van der Waals surface area contributed by atoms with Gasteiger partial charge in [-0.15, -0.1) is 24.8 Å². The number of hydrogen-bond acceptors (Lipinski definition) is 3. The van der Waals surface area contributed by atoms with Crippen LogP contribution in [0.5, 0.6) is 5.75 Å². The van der Waals surface area contributed by atoms with Crippen LogP contribution in [0.2, 0.25) is 0 Å². The first-order valence-electron chi connectivity index (χ1n) is 6.95. The van der Waals surface area contributed by atoms with Crippen molar-refractivity contribution in [3.8, 4) is 5.75 Å². The summed E-state index contributed by atoms with van der Waals surface area (Å²) in [6.07, 6.45) is 2.61. The van der Waals surface area contributed by atoms with Gasteiger partial charge in [-0.25, -0.2) is 0 Å². The maximum absolute atomic E-state index is 5.19. The molecule has 2 rings (SSSR count). The second-order valence-electron chi connectivity index (χ2n) is 4.88. The van der Waals surface area contributed by atoms with Gasteiger partial charge in [-0.05, 0) is 37.2 Å². The van der Waals surface area contributed by atoms with Gasteiger partial charge >= 0.3 is 0 Å². The topological polar surface area (TPSA) is 15.7 Å². The van der Waals surface area contributed by atoms with E-state index in [0.29, 0.717) is 0 Å². The molecule has 1 aromatic carbocycles. The zero-order chi connectivity index (χ0) is 12.8. The highest BCUT2D eigenvalue weighted by molar-refractivity contribution is 5.85. The van der Waals surface area contributed by atoms with Gasteiger partial charge in [0.15, 0.2) is 0 Å². The van der Waals surface area contributed by atoms with Crippen LogP contribution in [0.3, 0.4) is 0 Å². The Morgan fingerprint density at radius 2 is 1.60 bits per heavy atom. The van der Waals surface area contributed by atoms with Gasteiger partial charge in [0.25, 0.3) is 0 Å². The van der Waals surface area contributed by atoms with Gasteiger partial charge in [0, 0.05) is 31.9 Å². The molecule has 1 aromatic rings. The van der Waals surface area contributed by atoms with Crippen molar-refractivity contribution in [3.05, 3.63) is 24.3 Å². The molecule has 0 atom stereocenters. The number of ether oxygens (including phenoxy) is 1. The molecule has 0 amide bonds. The van der Waals surface area contributed by atoms with Gasteiger partial charge < -0.3 is 9.64 Å². The highest BCUT2D eigenvalue weighted by Gasteiger charge is 2.16. The van der Waals surface area contributed by atoms with E-state index in [-0.39, 0.29) is 24.8 Å². The highest BCUT2D eigenvalue weighted by Crippen LogP contribution is 2.20. The molecule has 1 saturated heterocycles. The molecule has 0 N–H and O–H groups in total. The van der Waals surface area contributed by atoms with Crippen molar-refractivity contribution < 1.29 is 4.74 Å². The predicted molar refractivity (Wildman–Crippen MR) is 91.1 cm³/mol. The molecule has 0 aromatic heterocycles. The fourth-order valence-corrected chi connectivity index (χ4v) is 2.40. The minimum absolute atomic E-state index is 0. The van der Waals surface area contributed by atoms with Crippen LogP contribution in [-0.4, -0.2) is 44.7 Å². The van der Waals surface area contributed by atoms with E-state index in [1.807, 2.05) is 12.1 Å². The third-order valence-corrected chi connectivity index (χ3v) is 3.64. The molecular weight excluding hydrogens is 295 g/mol. The van der Waals surface area contributed by atoms with Gasteiger partial charge in [-0.3, -0.25) is 4.90 Å². The first-order valence-corrected chi connectivity index (χ1v) is 6.95. The summed E-state index contributed by atoms with van der Waals surface area (Å²) in [6, 6.07) is 8.39. The summed E-state index contributed by atoms with van der Waals surface area (Å²) in [5.41, 5.74) is 1.31. The largest absolute Gasteiger partial charge is 0.497 e. The van der Waals surface area contributed by atoms with E-state index < -0.39 is 0 Å². The van der Waals surface area contributed by atoms with Crippen LogP contribution < -0.4 is 9.64 Å². The standard InChI is InChI=1S/C15H24N2O.2ClH/c1-3-4-9-16-10-12-17(13-11-16)14-5-7-15(18-2)8-6-14;;/h5-8H,3-4,9-13H2,1-2H3;2*1H. The number of rotatable bonds is 5. The Balaban J connectivity index is 0.00000180. The molecule has 5 heteroatoms. The van der Waals surface area contributed by atoms with Gasteiger partial charge in [0.1, 0.15) is 5.75 Å². The molecule has 1 aliphatic rings. The predicted octanol–water partition coefficient (Wildman–Crippen LogP) is 3.46. The number of unbranched alkanes of at least 4 members (excludes halogenated alkanes) is 1. The molecule has 0 radical (unpaired) electrons. The second kappa shape index (κ2) is 10.1. The van der Waals surface area contributed by atoms with Gasteiger partial charge in [-0.1, -0.05) is 13.3 Å². The zero-order valence-electron chi connectivity index (χ0n) is 12.4. The van der Waals surface area contributed by atoms with Crippen LogP contribution in [0.1, 0.15) is 19.8 Å². The van der Waals surface area contributed by atoms with Crippen molar-refractivity contribution in [3.63, 3.8) is 0 Å². The first kappa shape index (κ1) is 19.4. The number of halogens is 2. The number of benzene rings is 1. The SMILES string of the molecule is CCCCN1CCN(c2ccc(OC)cc2)CC1.Cl.Cl. The third-order valence-electron chi connectivity index (χ3n) is 3.64. The fraction of sp³-hybridized carbons (Fsp3) is 0.600. The summed E-state index contributed by atoms with van der Waals surface area (Å²) in [6.45, 7) is 8.16. The number of anilines is 1. The normalized spacial score (nSPS) is 15.2. The van der Waals surface area contributed by atoms with Crippen LogP contribution in [0.15, 0.2) is 24.3 Å². The average Bonchev–Trinajstić information content (AvgIpc) is 2.46. The Morgan fingerprint density at radius 3 is 2.10 bits per heavy atom. The van der Waals surface area contributed by atoms with Gasteiger partial charge in [0.05, 0.1) is 7.11 Å². The molecule has 1 fully saturated rings. The Bertz CT molecular complexity index is 351. The van der Waals surface area contributed by atoms with Crippen molar-refractivity contribution in [2.75, 3.05) is 44.7 Å². The third kappa shape index (κ3) is 5.39. The smallest absolute Gasteiger partial charge is 0.119 e. The van der Waals surface area contributed by atoms with E-state index in [0.717, 1.165) is 18.8 Å². The summed E-state index contributed by atoms with van der Waals surface area (Å²) in [4.78, 5) is 5.03. The zero-order valence-corrected chi connectivity index (χ0v) is 14.0. The van der Waals surface area contributed by atoms with Crippen molar-refractivity contribution in [2.24, 2.45) is 0 Å². The number of hydrogen-bond donors (Lipinski definition) is 0. The van der Waals surface area contributed by atoms with E-state index in [1.54, 1.807) is 7.11 Å². The van der Waals surface area contributed by atoms with Crippen LogP contribution in [0, 0.1) is 0 Å². The van der Waals surface area contributed by atoms with Crippen molar-refractivity contribution in [2.45, 2.75) is 19.8 Å². The molecule has 0 spiro atoms. The molecule has 3 nitrogen and oxygen atoms in total. The lowest BCUT2D eigenvalue weighted by atomic mass is 10.2. The lowest BCUT2D eigenvalue weighted by molar-refractivity contribution is 0.254. The van der Waals surface area contributed by atoms with E-state index >= 15 is 0 Å². The van der Waals surface area contributed by atoms with Gasteiger partial charge in [0.2, 0.25) is 0 Å². The molecule has 1 aliphatic heterocycles. The molecule has 0 bridgehead atoms. The second-order valence-corrected chi connectivity index (χ2v) is 4.88. The van der Waals surface area contributed by atoms with Crippen LogP contribution >= 0.6 is 24.8 Å². The van der Waals surface area contributed by atoms with Gasteiger partial charge in [-0.2, -0.15) is 0 Å². The monoisotopic (exact) mass is 320 g/mol. The maximum atomic E-state index is 5.19. The summed E-state index contributed by atoms with van der Waals surface area (Å²) in [5, 5.41) is 0. The molecule has 0 aliphatic carbocycles. The Morgan fingerprint density at radius 1 is 1.00 bits per heavy atom. The highest BCUT2D eigenvalue weighted by atomic mass is 35.5. The Hall–Kier alpha value is -0.640. The average molecular weight is 321 g/mol. The molecule has 0 saturated carbocycles. The molecule has 20 heavy (non-hydrogen) atoms. The van der Waals surface area contributed by atoms with E-state index in [1.165, 1.54) is 38.2 Å². The van der Waals surface area contributed by atoms with E-state index in [4.69, 9.17) is 4.74 Å². The summed E-state index contributed by atoms with van der Waals surface area (Å²) in [5.74, 6) is 0.931. The number of methoxy groups -OCH3 is 1. The van der Waals surface area contributed by atoms with Crippen LogP contribution in [0.25, 0.3) is 0 Å². The summed E-state index contributed by atoms with van der Waals surface area (Å²) < 4.78 is 5.19. The van der Waals surface area contributed by atoms with Crippen molar-refractivity contribution in [1.29, 1.82) is 0 Å². The Kier molecular flexibility index (Phi) is 9.82. The molecule has 1 heterocycles. The lowest BCUT2D eigenvalue weighted by Crippen LogP contribution is -2.46. The van der Waals surface area contributed by atoms with E-state index in [2.05, 4.69) is 28.9 Å². The molecule has 116 valence electrons. The summed E-state index contributed by atoms with van der Waals surface area (Å²) >= 11 is 0. The lowest BCUT2D eigenvalue weighted by Gasteiger charge is -2.36. The molecule has 0 unspecified atom stereocenters. The summed E-state index contributed by atoms with van der Waals surface area (Å²) in [7, 11) is 1.71. The Labute approximate surface area is 135 Å². The quantitative estimate of drug-likeness (QED) is 0.826. The number of piperazine rings is 1. The minimum Gasteiger partial charge on any atom is -0.497 e. The minimum atomic E-state index is 0.